The van der Waals surface area contributed by atoms with Crippen LogP contribution in [0.15, 0.2) is 140 Å². The molecule has 0 saturated heterocycles. The van der Waals surface area contributed by atoms with Crippen molar-refractivity contribution in [2.45, 2.75) is 70.7 Å². The van der Waals surface area contributed by atoms with Gasteiger partial charge >= 0.3 is 0 Å². The van der Waals surface area contributed by atoms with Gasteiger partial charge in [0.25, 0.3) is 0 Å². The quantitative estimate of drug-likeness (QED) is 0.124. The van der Waals surface area contributed by atoms with E-state index in [2.05, 4.69) is 120 Å². The minimum absolute atomic E-state index is 0.419. The molecule has 2 heterocycles. The highest BCUT2D eigenvalue weighted by molar-refractivity contribution is 5.81. The van der Waals surface area contributed by atoms with Crippen molar-refractivity contribution in [3.63, 3.8) is 0 Å². The lowest BCUT2D eigenvalue weighted by Crippen LogP contribution is -2.39. The second-order valence-corrected chi connectivity index (χ2v) is 14.6. The molecule has 2 N–H and O–H groups in total. The second-order valence-electron chi connectivity index (χ2n) is 14.6. The summed E-state index contributed by atoms with van der Waals surface area (Å²) in [5.41, 5.74) is 4.53. The number of aliphatic hydroxyl groups is 2. The molecule has 0 saturated carbocycles. The third kappa shape index (κ3) is 6.72. The maximum atomic E-state index is 11.5. The van der Waals surface area contributed by atoms with Crippen LogP contribution in [0.5, 0.6) is 0 Å². The highest BCUT2D eigenvalue weighted by Crippen LogP contribution is 2.44. The fourth-order valence-electron chi connectivity index (χ4n) is 7.54. The summed E-state index contributed by atoms with van der Waals surface area (Å²) in [5.74, 6) is 1.41. The van der Waals surface area contributed by atoms with E-state index in [9.17, 15) is 10.2 Å². The van der Waals surface area contributed by atoms with E-state index in [1.165, 1.54) is 0 Å². The molecule has 0 aliphatic rings. The van der Waals surface area contributed by atoms with Crippen molar-refractivity contribution in [3.05, 3.63) is 179 Å². The number of rotatable bonds is 12. The van der Waals surface area contributed by atoms with Gasteiger partial charge in [0.05, 0.1) is 11.4 Å². The standard InChI is InChI=1S/C45H46N6O2/c1-6-19-39-46-40(43(2,3)52)41(44(4,5)53)50(39)31-32-28-29-37(33-20-11-7-12-21-33)38(30-32)42-47-48-49-51(42)45(34-22-13-8-14-23-34,35-24-15-9-16-25-35)36-26-17-10-18-27-36/h7-18,20-30,52-53H,6,19,31H2,1-5H3. The molecule has 0 unspecified atom stereocenters. The smallest absolute Gasteiger partial charge is 0.184 e. The van der Waals surface area contributed by atoms with Crippen molar-refractivity contribution in [1.82, 2.24) is 29.8 Å². The first-order valence-corrected chi connectivity index (χ1v) is 18.2. The molecule has 0 aliphatic heterocycles. The zero-order valence-electron chi connectivity index (χ0n) is 31.0. The molecule has 7 rings (SSSR count). The number of hydrogen-bond donors (Lipinski definition) is 2. The molecule has 0 bridgehead atoms. The summed E-state index contributed by atoms with van der Waals surface area (Å²) < 4.78 is 4.04. The Morgan fingerprint density at radius 1 is 0.623 bits per heavy atom. The second kappa shape index (κ2) is 14.4. The number of aromatic nitrogens is 6. The van der Waals surface area contributed by atoms with Crippen molar-refractivity contribution in [2.75, 3.05) is 0 Å². The Balaban J connectivity index is 1.51. The molecule has 5 aromatic carbocycles. The zero-order valence-corrected chi connectivity index (χ0v) is 31.0. The molecule has 7 aromatic rings. The van der Waals surface area contributed by atoms with Gasteiger partial charge in [-0.1, -0.05) is 140 Å². The maximum absolute atomic E-state index is 11.5. The Morgan fingerprint density at radius 2 is 1.15 bits per heavy atom. The van der Waals surface area contributed by atoms with Gasteiger partial charge < -0.3 is 14.8 Å². The van der Waals surface area contributed by atoms with Crippen LogP contribution in [0.3, 0.4) is 0 Å². The lowest BCUT2D eigenvalue weighted by Gasteiger charge is -2.36. The molecule has 0 spiro atoms. The van der Waals surface area contributed by atoms with Crippen molar-refractivity contribution < 1.29 is 10.2 Å². The zero-order chi connectivity index (χ0) is 37.2. The van der Waals surface area contributed by atoms with Gasteiger partial charge in [0.15, 0.2) is 5.82 Å². The molecule has 0 amide bonds. The van der Waals surface area contributed by atoms with Crippen molar-refractivity contribution in [2.24, 2.45) is 0 Å². The number of aryl methyl sites for hydroxylation is 1. The fraction of sp³-hybridized carbons (Fsp3) is 0.244. The van der Waals surface area contributed by atoms with Gasteiger partial charge in [-0.2, -0.15) is 0 Å². The Hall–Kier alpha value is -5.70. The Bertz CT molecular complexity index is 2190. The summed E-state index contributed by atoms with van der Waals surface area (Å²) in [6.45, 7) is 9.46. The average molecular weight is 703 g/mol. The van der Waals surface area contributed by atoms with Crippen LogP contribution in [0.4, 0.5) is 0 Å². The molecule has 268 valence electrons. The van der Waals surface area contributed by atoms with E-state index in [0.29, 0.717) is 30.2 Å². The predicted octanol–water partition coefficient (Wildman–Crippen LogP) is 8.50. The number of benzene rings is 5. The topological polar surface area (TPSA) is 102 Å². The SMILES string of the molecule is CCCc1nc(C(C)(C)O)c(C(C)(C)O)n1Cc1ccc(-c2ccccc2)c(-c2nnnn2C(c2ccccc2)(c2ccccc2)c2ccccc2)c1. The van der Waals surface area contributed by atoms with E-state index in [1.807, 2.05) is 41.1 Å². The number of imidazole rings is 1. The number of hydrogen-bond acceptors (Lipinski definition) is 6. The van der Waals surface area contributed by atoms with Gasteiger partial charge in [0, 0.05) is 18.5 Å². The van der Waals surface area contributed by atoms with E-state index >= 15 is 0 Å². The van der Waals surface area contributed by atoms with E-state index in [4.69, 9.17) is 15.3 Å². The van der Waals surface area contributed by atoms with Gasteiger partial charge in [0.1, 0.15) is 22.6 Å². The highest BCUT2D eigenvalue weighted by atomic mass is 16.3. The van der Waals surface area contributed by atoms with E-state index in [1.54, 1.807) is 27.7 Å². The van der Waals surface area contributed by atoms with Gasteiger partial charge in [-0.05, 0) is 84.0 Å². The van der Waals surface area contributed by atoms with Crippen molar-refractivity contribution in [3.8, 4) is 22.5 Å². The molecule has 8 heteroatoms. The molecule has 0 atom stereocenters. The van der Waals surface area contributed by atoms with Gasteiger partial charge in [-0.3, -0.25) is 0 Å². The minimum Gasteiger partial charge on any atom is -0.384 e. The molecule has 2 aromatic heterocycles. The number of tetrazole rings is 1. The van der Waals surface area contributed by atoms with Crippen molar-refractivity contribution >= 4 is 0 Å². The maximum Gasteiger partial charge on any atom is 0.184 e. The van der Waals surface area contributed by atoms with Crippen molar-refractivity contribution in [1.29, 1.82) is 0 Å². The monoisotopic (exact) mass is 702 g/mol. The van der Waals surface area contributed by atoms with Crippen LogP contribution in [0.25, 0.3) is 22.5 Å². The largest absolute Gasteiger partial charge is 0.384 e. The van der Waals surface area contributed by atoms with Crippen LogP contribution >= 0.6 is 0 Å². The van der Waals surface area contributed by atoms with Gasteiger partial charge in [-0.15, -0.1) is 5.10 Å². The first-order chi connectivity index (χ1) is 25.5. The molecule has 53 heavy (non-hydrogen) atoms. The Morgan fingerprint density at radius 3 is 1.64 bits per heavy atom. The van der Waals surface area contributed by atoms with Crippen LogP contribution in [0.2, 0.25) is 0 Å². The first kappa shape index (κ1) is 35.7. The Kier molecular flexibility index (Phi) is 9.68. The summed E-state index contributed by atoms with van der Waals surface area (Å²) in [6.07, 6.45) is 1.56. The molecular weight excluding hydrogens is 657 g/mol. The third-order valence-corrected chi connectivity index (χ3v) is 9.79. The summed E-state index contributed by atoms with van der Waals surface area (Å²) in [7, 11) is 0. The lowest BCUT2D eigenvalue weighted by atomic mass is 9.77. The molecular formula is C45H46N6O2. The third-order valence-electron chi connectivity index (χ3n) is 9.79. The van der Waals surface area contributed by atoms with Crippen LogP contribution in [0.1, 0.15) is 80.5 Å². The van der Waals surface area contributed by atoms with Crippen LogP contribution < -0.4 is 0 Å². The van der Waals surface area contributed by atoms with E-state index < -0.39 is 16.7 Å². The Labute approximate surface area is 311 Å². The van der Waals surface area contributed by atoms with Crippen LogP contribution in [0, 0.1) is 0 Å². The fourth-order valence-corrected chi connectivity index (χ4v) is 7.54. The molecule has 0 fully saturated rings. The summed E-state index contributed by atoms with van der Waals surface area (Å²) >= 11 is 0. The number of nitrogens with zero attached hydrogens (tertiary/aromatic N) is 6. The lowest BCUT2D eigenvalue weighted by molar-refractivity contribution is 0.0447. The minimum atomic E-state index is -1.26. The van der Waals surface area contributed by atoms with Crippen LogP contribution in [-0.2, 0) is 29.7 Å². The summed E-state index contributed by atoms with van der Waals surface area (Å²) in [4.78, 5) is 4.93. The van der Waals surface area contributed by atoms with Crippen LogP contribution in [-0.4, -0.2) is 40.0 Å². The van der Waals surface area contributed by atoms with E-state index in [-0.39, 0.29) is 0 Å². The molecule has 0 radical (unpaired) electrons. The van der Waals surface area contributed by atoms with Gasteiger partial charge in [-0.25, -0.2) is 9.67 Å². The summed E-state index contributed by atoms with van der Waals surface area (Å²) in [6, 6.07) is 47.9. The summed E-state index contributed by atoms with van der Waals surface area (Å²) in [5, 5.41) is 36.8. The van der Waals surface area contributed by atoms with E-state index in [0.717, 1.165) is 51.2 Å². The predicted molar refractivity (Wildman–Crippen MR) is 209 cm³/mol. The normalized spacial score (nSPS) is 12.3. The van der Waals surface area contributed by atoms with Gasteiger partial charge in [0.2, 0.25) is 0 Å². The molecule has 8 nitrogen and oxygen atoms in total. The highest BCUT2D eigenvalue weighted by Gasteiger charge is 2.42. The first-order valence-electron chi connectivity index (χ1n) is 18.2. The molecule has 0 aliphatic carbocycles. The average Bonchev–Trinajstić information content (AvgIpc) is 3.80.